The molecule has 32 heavy (non-hydrogen) atoms. The lowest BCUT2D eigenvalue weighted by atomic mass is 10.1. The number of guanidine groups is 1. The third-order valence-corrected chi connectivity index (χ3v) is 4.69. The fourth-order valence-electron chi connectivity index (χ4n) is 3.50. The highest BCUT2D eigenvalue weighted by atomic mass is 127. The number of halogens is 1. The van der Waals surface area contributed by atoms with E-state index in [1.807, 2.05) is 20.8 Å². The fraction of sp³-hybridized carbons (Fsp3) is 0.652. The Bertz CT molecular complexity index is 711. The summed E-state index contributed by atoms with van der Waals surface area (Å²) in [7, 11) is 1.73. The number of nitrogens with one attached hydrogen (secondary N) is 3. The average molecular weight is 562 g/mol. The summed E-state index contributed by atoms with van der Waals surface area (Å²) in [5.74, 6) is 0.686. The first-order chi connectivity index (χ1) is 14.6. The summed E-state index contributed by atoms with van der Waals surface area (Å²) in [5.41, 5.74) is 1.99. The van der Waals surface area contributed by atoms with E-state index in [1.165, 1.54) is 11.1 Å². The largest absolute Gasteiger partial charge is 0.444 e. The predicted molar refractivity (Wildman–Crippen MR) is 140 cm³/mol. The predicted octanol–water partition coefficient (Wildman–Crippen LogP) is 3.10. The number of carbonyl (C=O) groups is 1. The van der Waals surface area contributed by atoms with Crippen LogP contribution >= 0.6 is 24.0 Å². The minimum absolute atomic E-state index is 0. The second kappa shape index (κ2) is 13.8. The minimum Gasteiger partial charge on any atom is -0.444 e. The summed E-state index contributed by atoms with van der Waals surface area (Å²) < 4.78 is 11.0. The van der Waals surface area contributed by atoms with E-state index < -0.39 is 11.7 Å². The number of amides is 1. The van der Waals surface area contributed by atoms with Crippen molar-refractivity contribution >= 4 is 36.0 Å². The number of morpholine rings is 1. The van der Waals surface area contributed by atoms with Crippen LogP contribution in [0.4, 0.5) is 4.79 Å². The number of carbonyl (C=O) groups excluding carboxylic acids is 1. The molecule has 1 aromatic carbocycles. The molecule has 1 aliphatic rings. The van der Waals surface area contributed by atoms with Crippen molar-refractivity contribution in [3.63, 3.8) is 0 Å². The number of nitrogens with zero attached hydrogens (tertiary/aromatic N) is 2. The molecule has 3 N–H and O–H groups in total. The Morgan fingerprint density at radius 2 is 1.62 bits per heavy atom. The number of hydrogen-bond donors (Lipinski definition) is 3. The average Bonchev–Trinajstić information content (AvgIpc) is 2.66. The van der Waals surface area contributed by atoms with Crippen LogP contribution in [0.15, 0.2) is 29.3 Å². The Morgan fingerprint density at radius 1 is 1.06 bits per heavy atom. The topological polar surface area (TPSA) is 87.2 Å². The van der Waals surface area contributed by atoms with E-state index in [2.05, 4.69) is 64.0 Å². The van der Waals surface area contributed by atoms with Crippen molar-refractivity contribution in [3.8, 4) is 0 Å². The van der Waals surface area contributed by atoms with Crippen molar-refractivity contribution in [1.82, 2.24) is 20.9 Å². The van der Waals surface area contributed by atoms with Crippen LogP contribution in [0.1, 0.15) is 45.7 Å². The second-order valence-corrected chi connectivity index (χ2v) is 9.05. The molecule has 1 saturated heterocycles. The minimum atomic E-state index is -0.496. The maximum absolute atomic E-state index is 11.7. The number of rotatable bonds is 7. The Morgan fingerprint density at radius 3 is 2.19 bits per heavy atom. The molecule has 1 heterocycles. The summed E-state index contributed by atoms with van der Waals surface area (Å²) >= 11 is 0. The summed E-state index contributed by atoms with van der Waals surface area (Å²) in [6, 6.07) is 8.66. The van der Waals surface area contributed by atoms with Crippen LogP contribution in [0.3, 0.4) is 0 Å². The van der Waals surface area contributed by atoms with Gasteiger partial charge in [-0.05, 0) is 45.7 Å². The first-order valence-corrected chi connectivity index (χ1v) is 11.0. The number of ether oxygens (including phenoxy) is 2. The van der Waals surface area contributed by atoms with Crippen molar-refractivity contribution in [2.24, 2.45) is 4.99 Å². The molecule has 1 aliphatic heterocycles. The highest BCUT2D eigenvalue weighted by Crippen LogP contribution is 2.14. The Balaban J connectivity index is 0.00000512. The van der Waals surface area contributed by atoms with Crippen LogP contribution in [0.2, 0.25) is 0 Å². The molecule has 1 amide bonds. The van der Waals surface area contributed by atoms with Gasteiger partial charge in [0.1, 0.15) is 5.60 Å². The van der Waals surface area contributed by atoms with Crippen LogP contribution in [0.5, 0.6) is 0 Å². The maximum atomic E-state index is 11.7. The molecular formula is C23H40IN5O3. The van der Waals surface area contributed by atoms with Crippen LogP contribution in [0, 0.1) is 0 Å². The summed E-state index contributed by atoms with van der Waals surface area (Å²) in [6.45, 7) is 14.3. The lowest BCUT2D eigenvalue weighted by molar-refractivity contribution is -0.0704. The number of alkyl carbamates (subject to hydrolysis) is 1. The molecule has 2 atom stereocenters. The zero-order valence-electron chi connectivity index (χ0n) is 20.2. The molecule has 9 heteroatoms. The van der Waals surface area contributed by atoms with Gasteiger partial charge < -0.3 is 25.4 Å². The smallest absolute Gasteiger partial charge is 0.407 e. The van der Waals surface area contributed by atoms with Crippen LogP contribution < -0.4 is 16.0 Å². The summed E-state index contributed by atoms with van der Waals surface area (Å²) in [4.78, 5) is 18.3. The van der Waals surface area contributed by atoms with Gasteiger partial charge in [0.25, 0.3) is 0 Å². The highest BCUT2D eigenvalue weighted by Gasteiger charge is 2.22. The highest BCUT2D eigenvalue weighted by molar-refractivity contribution is 14.0. The standard InChI is InChI=1S/C23H39N5O3.HI/c1-17-14-28(15-18(2)30-17)16-20-9-7-19(8-10-20)13-27-21(24-6)25-11-12-26-22(29)31-23(3,4)5;/h7-10,17-18H,11-16H2,1-6H3,(H,26,29)(H2,24,25,27);1H. The van der Waals surface area contributed by atoms with Crippen LogP contribution in [-0.4, -0.2) is 68.0 Å². The number of aliphatic imine (C=N–C) groups is 1. The van der Waals surface area contributed by atoms with Crippen molar-refractivity contribution in [2.45, 2.75) is 65.5 Å². The molecule has 0 saturated carbocycles. The molecule has 2 rings (SSSR count). The SMILES string of the molecule is CN=C(NCCNC(=O)OC(C)(C)C)NCc1ccc(CN2CC(C)OC(C)C2)cc1.I. The van der Waals surface area contributed by atoms with Crippen LogP contribution in [0.25, 0.3) is 0 Å². The Labute approximate surface area is 209 Å². The molecule has 0 bridgehead atoms. The third-order valence-electron chi connectivity index (χ3n) is 4.69. The van der Waals surface area contributed by atoms with Gasteiger partial charge in [-0.15, -0.1) is 24.0 Å². The van der Waals surface area contributed by atoms with E-state index in [0.29, 0.717) is 25.6 Å². The molecule has 8 nitrogen and oxygen atoms in total. The monoisotopic (exact) mass is 561 g/mol. The van der Waals surface area contributed by atoms with E-state index in [1.54, 1.807) is 7.05 Å². The van der Waals surface area contributed by atoms with Gasteiger partial charge in [-0.1, -0.05) is 24.3 Å². The molecule has 182 valence electrons. The van der Waals surface area contributed by atoms with E-state index in [9.17, 15) is 4.79 Å². The van der Waals surface area contributed by atoms with Crippen molar-refractivity contribution in [3.05, 3.63) is 35.4 Å². The normalized spacial score (nSPS) is 19.6. The quantitative estimate of drug-likeness (QED) is 0.205. The molecule has 2 unspecified atom stereocenters. The van der Waals surface area contributed by atoms with Gasteiger partial charge in [0.2, 0.25) is 0 Å². The van der Waals surface area contributed by atoms with E-state index >= 15 is 0 Å². The van der Waals surface area contributed by atoms with Gasteiger partial charge in [-0.3, -0.25) is 9.89 Å². The Kier molecular flexibility index (Phi) is 12.3. The van der Waals surface area contributed by atoms with Crippen molar-refractivity contribution in [1.29, 1.82) is 0 Å². The zero-order chi connectivity index (χ0) is 22.9. The molecule has 1 aromatic rings. The molecular weight excluding hydrogens is 521 g/mol. The number of hydrogen-bond acceptors (Lipinski definition) is 5. The molecule has 0 aliphatic carbocycles. The zero-order valence-corrected chi connectivity index (χ0v) is 22.6. The number of benzene rings is 1. The van der Waals surface area contributed by atoms with E-state index in [0.717, 1.165) is 19.6 Å². The maximum Gasteiger partial charge on any atom is 0.407 e. The van der Waals surface area contributed by atoms with Gasteiger partial charge in [-0.2, -0.15) is 0 Å². The molecule has 1 fully saturated rings. The van der Waals surface area contributed by atoms with E-state index in [4.69, 9.17) is 9.47 Å². The first kappa shape index (κ1) is 28.4. The fourth-order valence-corrected chi connectivity index (χ4v) is 3.50. The van der Waals surface area contributed by atoms with Gasteiger partial charge in [0.05, 0.1) is 12.2 Å². The van der Waals surface area contributed by atoms with Gasteiger partial charge in [0, 0.05) is 46.3 Å². The first-order valence-electron chi connectivity index (χ1n) is 11.0. The summed E-state index contributed by atoms with van der Waals surface area (Å²) in [6.07, 6.45) is 0.148. The lowest BCUT2D eigenvalue weighted by Gasteiger charge is -2.35. The van der Waals surface area contributed by atoms with Crippen LogP contribution in [-0.2, 0) is 22.6 Å². The Hall–Kier alpha value is -1.59. The van der Waals surface area contributed by atoms with Gasteiger partial charge in [-0.25, -0.2) is 4.79 Å². The van der Waals surface area contributed by atoms with Gasteiger partial charge >= 0.3 is 6.09 Å². The van der Waals surface area contributed by atoms with Gasteiger partial charge in [0.15, 0.2) is 5.96 Å². The molecule has 0 radical (unpaired) electrons. The second-order valence-electron chi connectivity index (χ2n) is 9.05. The lowest BCUT2D eigenvalue weighted by Crippen LogP contribution is -2.44. The third kappa shape index (κ3) is 11.3. The molecule has 0 spiro atoms. The summed E-state index contributed by atoms with van der Waals surface area (Å²) in [5, 5.41) is 9.19. The van der Waals surface area contributed by atoms with Crippen molar-refractivity contribution in [2.75, 3.05) is 33.2 Å². The van der Waals surface area contributed by atoms with E-state index in [-0.39, 0.29) is 36.2 Å². The molecule has 0 aromatic heterocycles. The van der Waals surface area contributed by atoms with Crippen molar-refractivity contribution < 1.29 is 14.3 Å².